The molecule has 0 heterocycles. The van der Waals surface area contributed by atoms with Crippen LogP contribution < -0.4 is 5.32 Å². The van der Waals surface area contributed by atoms with Crippen LogP contribution in [0.5, 0.6) is 0 Å². The van der Waals surface area contributed by atoms with Crippen molar-refractivity contribution in [3.63, 3.8) is 0 Å². The SMILES string of the molecule is CCOCC(NC1CCC2CCCCC2C1)C(C)C. The van der Waals surface area contributed by atoms with Gasteiger partial charge in [0.05, 0.1) is 6.61 Å². The third kappa shape index (κ3) is 4.46. The van der Waals surface area contributed by atoms with Crippen molar-refractivity contribution >= 4 is 0 Å². The maximum atomic E-state index is 5.64. The van der Waals surface area contributed by atoms with Crippen LogP contribution in [0, 0.1) is 17.8 Å². The summed E-state index contributed by atoms with van der Waals surface area (Å²) < 4.78 is 5.64. The van der Waals surface area contributed by atoms with E-state index in [-0.39, 0.29) is 0 Å². The van der Waals surface area contributed by atoms with Crippen molar-refractivity contribution in [2.24, 2.45) is 17.8 Å². The molecule has 112 valence electrons. The van der Waals surface area contributed by atoms with Gasteiger partial charge in [-0.15, -0.1) is 0 Å². The van der Waals surface area contributed by atoms with Crippen LogP contribution in [-0.2, 0) is 4.74 Å². The number of fused-ring (bicyclic) bond motifs is 1. The molecule has 0 aromatic heterocycles. The molecule has 1 N–H and O–H groups in total. The molecule has 0 spiro atoms. The molecule has 4 atom stereocenters. The maximum absolute atomic E-state index is 5.64. The largest absolute Gasteiger partial charge is 0.380 e. The third-order valence-electron chi connectivity index (χ3n) is 5.30. The molecule has 0 aromatic rings. The second-order valence-electron chi connectivity index (χ2n) is 6.99. The van der Waals surface area contributed by atoms with Crippen LogP contribution in [0.1, 0.15) is 65.7 Å². The van der Waals surface area contributed by atoms with Gasteiger partial charge in [0.25, 0.3) is 0 Å². The molecule has 0 bridgehead atoms. The second-order valence-corrected chi connectivity index (χ2v) is 6.99. The van der Waals surface area contributed by atoms with Gasteiger partial charge in [0.15, 0.2) is 0 Å². The Bertz CT molecular complexity index is 254. The van der Waals surface area contributed by atoms with E-state index >= 15 is 0 Å². The molecule has 4 unspecified atom stereocenters. The summed E-state index contributed by atoms with van der Waals surface area (Å²) in [7, 11) is 0. The van der Waals surface area contributed by atoms with E-state index in [2.05, 4.69) is 26.1 Å². The van der Waals surface area contributed by atoms with Crippen molar-refractivity contribution in [3.05, 3.63) is 0 Å². The third-order valence-corrected chi connectivity index (χ3v) is 5.30. The van der Waals surface area contributed by atoms with E-state index in [1.165, 1.54) is 44.9 Å². The minimum Gasteiger partial charge on any atom is -0.380 e. The molecule has 0 saturated heterocycles. The van der Waals surface area contributed by atoms with Gasteiger partial charge < -0.3 is 10.1 Å². The highest BCUT2D eigenvalue weighted by Crippen LogP contribution is 2.40. The van der Waals surface area contributed by atoms with Crippen molar-refractivity contribution in [2.75, 3.05) is 13.2 Å². The van der Waals surface area contributed by atoms with Crippen LogP contribution in [0.3, 0.4) is 0 Å². The highest BCUT2D eigenvalue weighted by atomic mass is 16.5. The minimum absolute atomic E-state index is 0.532. The van der Waals surface area contributed by atoms with Gasteiger partial charge in [-0.3, -0.25) is 0 Å². The number of hydrogen-bond acceptors (Lipinski definition) is 2. The molecule has 2 rings (SSSR count). The predicted octanol–water partition coefficient (Wildman–Crippen LogP) is 4.00. The van der Waals surface area contributed by atoms with E-state index in [0.717, 1.165) is 31.1 Å². The van der Waals surface area contributed by atoms with E-state index in [1.54, 1.807) is 0 Å². The predicted molar refractivity (Wildman–Crippen MR) is 81.3 cm³/mol. The van der Waals surface area contributed by atoms with Crippen LogP contribution in [0.2, 0.25) is 0 Å². The van der Waals surface area contributed by atoms with Crippen molar-refractivity contribution in [1.82, 2.24) is 5.32 Å². The standard InChI is InChI=1S/C17H33NO/c1-4-19-12-17(13(2)3)18-16-10-9-14-7-5-6-8-15(14)11-16/h13-18H,4-12H2,1-3H3. The lowest BCUT2D eigenvalue weighted by atomic mass is 9.69. The molecular weight excluding hydrogens is 234 g/mol. The van der Waals surface area contributed by atoms with Gasteiger partial charge in [-0.25, -0.2) is 0 Å². The van der Waals surface area contributed by atoms with Crippen molar-refractivity contribution < 1.29 is 4.74 Å². The molecule has 2 fully saturated rings. The second kappa shape index (κ2) is 7.64. The summed E-state index contributed by atoms with van der Waals surface area (Å²) in [6.45, 7) is 8.41. The lowest BCUT2D eigenvalue weighted by Crippen LogP contribution is -2.47. The smallest absolute Gasteiger partial charge is 0.0622 e. The molecule has 0 aromatic carbocycles. The summed E-state index contributed by atoms with van der Waals surface area (Å²) in [4.78, 5) is 0. The first-order valence-electron chi connectivity index (χ1n) is 8.54. The Morgan fingerprint density at radius 1 is 1.05 bits per heavy atom. The monoisotopic (exact) mass is 267 g/mol. The first-order chi connectivity index (χ1) is 9.20. The molecule has 2 aliphatic carbocycles. The molecule has 0 radical (unpaired) electrons. The summed E-state index contributed by atoms with van der Waals surface area (Å²) in [6.07, 6.45) is 10.2. The van der Waals surface area contributed by atoms with Crippen molar-refractivity contribution in [3.8, 4) is 0 Å². The van der Waals surface area contributed by atoms with Crippen molar-refractivity contribution in [2.45, 2.75) is 77.8 Å². The van der Waals surface area contributed by atoms with Crippen LogP contribution in [0.15, 0.2) is 0 Å². The van der Waals surface area contributed by atoms with Crippen LogP contribution in [-0.4, -0.2) is 25.3 Å². The number of rotatable bonds is 6. The summed E-state index contributed by atoms with van der Waals surface area (Å²) >= 11 is 0. The fraction of sp³-hybridized carbons (Fsp3) is 1.00. The van der Waals surface area contributed by atoms with Crippen molar-refractivity contribution in [1.29, 1.82) is 0 Å². The first kappa shape index (κ1) is 15.3. The molecule has 2 saturated carbocycles. The Labute approximate surface area is 119 Å². The van der Waals surface area contributed by atoms with E-state index in [9.17, 15) is 0 Å². The normalized spacial score (nSPS) is 33.2. The Kier molecular flexibility index (Phi) is 6.15. The summed E-state index contributed by atoms with van der Waals surface area (Å²) in [5.41, 5.74) is 0. The van der Waals surface area contributed by atoms with Gasteiger partial charge in [0.2, 0.25) is 0 Å². The molecule has 2 aliphatic rings. The minimum atomic E-state index is 0.532. The number of hydrogen-bond donors (Lipinski definition) is 1. The molecule has 19 heavy (non-hydrogen) atoms. The fourth-order valence-electron chi connectivity index (χ4n) is 4.01. The van der Waals surface area contributed by atoms with Crippen LogP contribution in [0.4, 0.5) is 0 Å². The summed E-state index contributed by atoms with van der Waals surface area (Å²) in [5, 5.41) is 3.90. The zero-order valence-corrected chi connectivity index (χ0v) is 13.2. The highest BCUT2D eigenvalue weighted by molar-refractivity contribution is 4.88. The topological polar surface area (TPSA) is 21.3 Å². The Morgan fingerprint density at radius 2 is 1.79 bits per heavy atom. The summed E-state index contributed by atoms with van der Waals surface area (Å²) in [5.74, 6) is 2.73. The maximum Gasteiger partial charge on any atom is 0.0622 e. The van der Waals surface area contributed by atoms with Crippen LogP contribution in [0.25, 0.3) is 0 Å². The first-order valence-corrected chi connectivity index (χ1v) is 8.54. The Balaban J connectivity index is 1.80. The Morgan fingerprint density at radius 3 is 2.47 bits per heavy atom. The van der Waals surface area contributed by atoms with E-state index in [0.29, 0.717) is 12.0 Å². The molecule has 0 aliphatic heterocycles. The molecular formula is C17H33NO. The van der Waals surface area contributed by atoms with Gasteiger partial charge in [-0.05, 0) is 43.9 Å². The lowest BCUT2D eigenvalue weighted by molar-refractivity contribution is 0.0856. The van der Waals surface area contributed by atoms with E-state index < -0.39 is 0 Å². The lowest BCUT2D eigenvalue weighted by Gasteiger charge is -2.41. The van der Waals surface area contributed by atoms with Gasteiger partial charge in [-0.2, -0.15) is 0 Å². The number of ether oxygens (including phenoxy) is 1. The van der Waals surface area contributed by atoms with Crippen LogP contribution >= 0.6 is 0 Å². The molecule has 2 heteroatoms. The average molecular weight is 267 g/mol. The fourth-order valence-corrected chi connectivity index (χ4v) is 4.01. The van der Waals surface area contributed by atoms with Gasteiger partial charge >= 0.3 is 0 Å². The van der Waals surface area contributed by atoms with Gasteiger partial charge in [-0.1, -0.05) is 39.5 Å². The highest BCUT2D eigenvalue weighted by Gasteiger charge is 2.33. The van der Waals surface area contributed by atoms with Gasteiger partial charge in [0.1, 0.15) is 0 Å². The zero-order chi connectivity index (χ0) is 13.7. The summed E-state index contributed by atoms with van der Waals surface area (Å²) in [6, 6.07) is 1.28. The van der Waals surface area contributed by atoms with E-state index in [1.807, 2.05) is 0 Å². The quantitative estimate of drug-likeness (QED) is 0.785. The van der Waals surface area contributed by atoms with E-state index in [4.69, 9.17) is 4.74 Å². The Hall–Kier alpha value is -0.0800. The number of nitrogens with one attached hydrogen (secondary N) is 1. The molecule has 2 nitrogen and oxygen atoms in total. The average Bonchev–Trinajstić information content (AvgIpc) is 2.43. The zero-order valence-electron chi connectivity index (χ0n) is 13.2. The van der Waals surface area contributed by atoms with Gasteiger partial charge in [0, 0.05) is 18.7 Å². The molecule has 0 amide bonds.